The molecular formula is C34H35BrFN3O5S. The van der Waals surface area contributed by atoms with Crippen LogP contribution in [0.2, 0.25) is 0 Å². The Hall–Kier alpha value is -4.22. The highest BCUT2D eigenvalue weighted by molar-refractivity contribution is 9.10. The summed E-state index contributed by atoms with van der Waals surface area (Å²) in [5.74, 6) is -1.22. The molecular weight excluding hydrogens is 661 g/mol. The second-order valence-corrected chi connectivity index (χ2v) is 13.1. The molecule has 4 aromatic carbocycles. The summed E-state index contributed by atoms with van der Waals surface area (Å²) in [4.78, 5) is 29.1. The quantitative estimate of drug-likeness (QED) is 0.189. The predicted molar refractivity (Wildman–Crippen MR) is 176 cm³/mol. The number of carbonyl (C=O) groups is 2. The van der Waals surface area contributed by atoms with Crippen molar-refractivity contribution < 1.29 is 27.1 Å². The number of hydrogen-bond donors (Lipinski definition) is 1. The first-order chi connectivity index (χ1) is 21.5. The van der Waals surface area contributed by atoms with Crippen LogP contribution in [0.1, 0.15) is 23.6 Å². The molecule has 0 radical (unpaired) electrons. The minimum absolute atomic E-state index is 0.0752. The molecule has 0 fully saturated rings. The standard InChI is InChI=1S/C34H35BrFN3O5S/c1-4-37-34(41)31(20-25-10-6-5-7-11-25)38(22-26-12-8-9-13-30(26)36)33(40)23-39(27-16-14-24(2)15-17-27)45(42,43)28-18-19-32(44-3)29(35)21-28/h5-19,21,31H,4,20,22-23H2,1-3H3,(H,37,41)/t31-/m1/s1. The lowest BCUT2D eigenvalue weighted by Crippen LogP contribution is -2.53. The van der Waals surface area contributed by atoms with Crippen LogP contribution in [0, 0.1) is 12.7 Å². The van der Waals surface area contributed by atoms with Gasteiger partial charge in [0.05, 0.1) is 22.2 Å². The maximum Gasteiger partial charge on any atom is 0.264 e. The van der Waals surface area contributed by atoms with Gasteiger partial charge in [-0.25, -0.2) is 12.8 Å². The molecule has 8 nitrogen and oxygen atoms in total. The second kappa shape index (κ2) is 15.2. The van der Waals surface area contributed by atoms with Gasteiger partial charge in [0.1, 0.15) is 24.2 Å². The number of carbonyl (C=O) groups excluding carboxylic acids is 2. The van der Waals surface area contributed by atoms with Crippen LogP contribution in [0.15, 0.2) is 106 Å². The molecule has 11 heteroatoms. The average molecular weight is 697 g/mol. The van der Waals surface area contributed by atoms with E-state index >= 15 is 0 Å². The van der Waals surface area contributed by atoms with Crippen molar-refractivity contribution in [1.29, 1.82) is 0 Å². The van der Waals surface area contributed by atoms with Gasteiger partial charge in [0.2, 0.25) is 11.8 Å². The van der Waals surface area contributed by atoms with E-state index in [0.29, 0.717) is 16.8 Å². The Kier molecular flexibility index (Phi) is 11.4. The van der Waals surface area contributed by atoms with E-state index in [9.17, 15) is 22.4 Å². The number of amides is 2. The molecule has 4 rings (SSSR count). The number of benzene rings is 4. The molecule has 0 heterocycles. The monoisotopic (exact) mass is 695 g/mol. The smallest absolute Gasteiger partial charge is 0.264 e. The van der Waals surface area contributed by atoms with Gasteiger partial charge in [0.25, 0.3) is 10.0 Å². The fourth-order valence-corrected chi connectivity index (χ4v) is 6.96. The third-order valence-corrected chi connectivity index (χ3v) is 9.62. The molecule has 1 atom stereocenters. The molecule has 0 aliphatic heterocycles. The third-order valence-electron chi connectivity index (χ3n) is 7.23. The summed E-state index contributed by atoms with van der Waals surface area (Å²) >= 11 is 3.35. The van der Waals surface area contributed by atoms with Crippen molar-refractivity contribution in [3.05, 3.63) is 124 Å². The zero-order chi connectivity index (χ0) is 32.6. The zero-order valence-corrected chi connectivity index (χ0v) is 27.6. The predicted octanol–water partition coefficient (Wildman–Crippen LogP) is 5.88. The second-order valence-electron chi connectivity index (χ2n) is 10.4. The molecule has 1 N–H and O–H groups in total. The Morgan fingerprint density at radius 1 is 0.956 bits per heavy atom. The van der Waals surface area contributed by atoms with Crippen LogP contribution in [-0.4, -0.2) is 51.4 Å². The maximum atomic E-state index is 15.0. The number of methoxy groups -OCH3 is 1. The Bertz CT molecular complexity index is 1740. The SMILES string of the molecule is CCNC(=O)[C@@H](Cc1ccccc1)N(Cc1ccccc1F)C(=O)CN(c1ccc(C)cc1)S(=O)(=O)c1ccc(OC)c(Br)c1. The van der Waals surface area contributed by atoms with E-state index in [2.05, 4.69) is 21.2 Å². The minimum Gasteiger partial charge on any atom is -0.496 e. The van der Waals surface area contributed by atoms with Gasteiger partial charge >= 0.3 is 0 Å². The first-order valence-corrected chi connectivity index (χ1v) is 16.6. The average Bonchev–Trinajstić information content (AvgIpc) is 3.03. The van der Waals surface area contributed by atoms with Crippen LogP contribution in [0.5, 0.6) is 5.75 Å². The molecule has 0 saturated heterocycles. The Balaban J connectivity index is 1.81. The molecule has 45 heavy (non-hydrogen) atoms. The van der Waals surface area contributed by atoms with Crippen LogP contribution in [0.4, 0.5) is 10.1 Å². The van der Waals surface area contributed by atoms with Crippen molar-refractivity contribution >= 4 is 43.5 Å². The number of nitrogens with zero attached hydrogens (tertiary/aromatic N) is 2. The normalized spacial score (nSPS) is 11.8. The van der Waals surface area contributed by atoms with E-state index in [-0.39, 0.29) is 29.1 Å². The zero-order valence-electron chi connectivity index (χ0n) is 25.2. The van der Waals surface area contributed by atoms with Crippen molar-refractivity contribution in [2.75, 3.05) is 24.5 Å². The number of rotatable bonds is 13. The van der Waals surface area contributed by atoms with Gasteiger partial charge < -0.3 is 15.0 Å². The van der Waals surface area contributed by atoms with E-state index in [1.165, 1.54) is 48.4 Å². The molecule has 0 bridgehead atoms. The number of anilines is 1. The van der Waals surface area contributed by atoms with E-state index in [0.717, 1.165) is 15.4 Å². The number of hydrogen-bond acceptors (Lipinski definition) is 5. The fraction of sp³-hybridized carbons (Fsp3) is 0.235. The van der Waals surface area contributed by atoms with E-state index in [4.69, 9.17) is 4.74 Å². The molecule has 236 valence electrons. The molecule has 0 aliphatic carbocycles. The van der Waals surface area contributed by atoms with Crippen LogP contribution in [0.3, 0.4) is 0 Å². The highest BCUT2D eigenvalue weighted by Crippen LogP contribution is 2.31. The number of aryl methyl sites for hydroxylation is 1. The number of sulfonamides is 1. The number of likely N-dealkylation sites (N-methyl/N-ethyl adjacent to an activating group) is 1. The molecule has 4 aromatic rings. The molecule has 2 amide bonds. The van der Waals surface area contributed by atoms with Gasteiger partial charge in [-0.05, 0) is 71.7 Å². The van der Waals surface area contributed by atoms with Gasteiger partial charge in [-0.15, -0.1) is 0 Å². The van der Waals surface area contributed by atoms with Gasteiger partial charge in [-0.3, -0.25) is 13.9 Å². The van der Waals surface area contributed by atoms with Crippen molar-refractivity contribution in [1.82, 2.24) is 10.2 Å². The summed E-state index contributed by atoms with van der Waals surface area (Å²) < 4.78 is 50.0. The lowest BCUT2D eigenvalue weighted by molar-refractivity contribution is -0.140. The van der Waals surface area contributed by atoms with E-state index < -0.39 is 40.2 Å². The van der Waals surface area contributed by atoms with Gasteiger partial charge in [0.15, 0.2) is 0 Å². The first kappa shape index (κ1) is 33.7. The molecule has 0 spiro atoms. The highest BCUT2D eigenvalue weighted by Gasteiger charge is 2.35. The summed E-state index contributed by atoms with van der Waals surface area (Å²) in [5, 5.41) is 2.79. The third kappa shape index (κ3) is 8.29. The maximum absolute atomic E-state index is 15.0. The van der Waals surface area contributed by atoms with Crippen molar-refractivity contribution in [2.45, 2.75) is 37.8 Å². The van der Waals surface area contributed by atoms with E-state index in [1.54, 1.807) is 37.3 Å². The number of ether oxygens (including phenoxy) is 1. The molecule has 0 aliphatic rings. The highest BCUT2D eigenvalue weighted by atomic mass is 79.9. The Labute approximate surface area is 272 Å². The minimum atomic E-state index is -4.31. The Morgan fingerprint density at radius 3 is 2.24 bits per heavy atom. The van der Waals surface area contributed by atoms with Crippen LogP contribution >= 0.6 is 15.9 Å². The van der Waals surface area contributed by atoms with Crippen LogP contribution < -0.4 is 14.4 Å². The van der Waals surface area contributed by atoms with Crippen molar-refractivity contribution in [3.8, 4) is 5.75 Å². The molecule has 0 unspecified atom stereocenters. The lowest BCUT2D eigenvalue weighted by Gasteiger charge is -2.34. The summed E-state index contributed by atoms with van der Waals surface area (Å²) in [5.41, 5.74) is 2.13. The number of halogens is 2. The van der Waals surface area contributed by atoms with Crippen LogP contribution in [0.25, 0.3) is 0 Å². The molecule has 0 aromatic heterocycles. The molecule has 0 saturated carbocycles. The summed E-state index contributed by atoms with van der Waals surface area (Å²) in [6.45, 7) is 3.04. The fourth-order valence-electron chi connectivity index (χ4n) is 4.83. The van der Waals surface area contributed by atoms with E-state index in [1.807, 2.05) is 37.3 Å². The van der Waals surface area contributed by atoms with Crippen molar-refractivity contribution in [3.63, 3.8) is 0 Å². The largest absolute Gasteiger partial charge is 0.496 e. The summed E-state index contributed by atoms with van der Waals surface area (Å²) in [6.07, 6.45) is 0.134. The first-order valence-electron chi connectivity index (χ1n) is 14.3. The van der Waals surface area contributed by atoms with Crippen LogP contribution in [-0.2, 0) is 32.6 Å². The van der Waals surface area contributed by atoms with Gasteiger partial charge in [-0.1, -0.05) is 66.2 Å². The Morgan fingerprint density at radius 2 is 1.62 bits per heavy atom. The van der Waals surface area contributed by atoms with Gasteiger partial charge in [-0.2, -0.15) is 0 Å². The summed E-state index contributed by atoms with van der Waals surface area (Å²) in [6, 6.07) is 25.1. The summed E-state index contributed by atoms with van der Waals surface area (Å²) in [7, 11) is -2.84. The van der Waals surface area contributed by atoms with Gasteiger partial charge in [0, 0.05) is 25.1 Å². The topological polar surface area (TPSA) is 96.0 Å². The lowest BCUT2D eigenvalue weighted by atomic mass is 10.0. The van der Waals surface area contributed by atoms with Crippen molar-refractivity contribution in [2.24, 2.45) is 0 Å². The number of nitrogens with one attached hydrogen (secondary N) is 1.